The molecule has 13 heteroatoms. The lowest BCUT2D eigenvalue weighted by atomic mass is 10.1. The third-order valence-corrected chi connectivity index (χ3v) is 10.8. The minimum Gasteiger partial charge on any atom is -0.353 e. The van der Waals surface area contributed by atoms with Crippen molar-refractivity contribution in [3.63, 3.8) is 0 Å². The van der Waals surface area contributed by atoms with E-state index in [1.165, 1.54) is 29.4 Å². The van der Waals surface area contributed by atoms with Crippen molar-refractivity contribution in [1.29, 1.82) is 0 Å². The molecule has 9 nitrogen and oxygen atoms in total. The van der Waals surface area contributed by atoms with Gasteiger partial charge in [-0.25, -0.2) is 31.8 Å². The van der Waals surface area contributed by atoms with Crippen molar-refractivity contribution in [2.75, 3.05) is 28.6 Å². The van der Waals surface area contributed by atoms with Gasteiger partial charge in [0.05, 0.1) is 27.0 Å². The Balaban J connectivity index is 1.65. The zero-order valence-electron chi connectivity index (χ0n) is 20.0. The van der Waals surface area contributed by atoms with E-state index in [9.17, 15) is 16.8 Å². The van der Waals surface area contributed by atoms with Crippen LogP contribution in [0.4, 0.5) is 11.6 Å². The van der Waals surface area contributed by atoms with Crippen LogP contribution in [0, 0.1) is 0 Å². The minimum absolute atomic E-state index is 0.0258. The average molecular weight is 566 g/mol. The van der Waals surface area contributed by atoms with Gasteiger partial charge in [-0.3, -0.25) is 4.72 Å². The van der Waals surface area contributed by atoms with Gasteiger partial charge >= 0.3 is 0 Å². The molecule has 0 amide bonds. The van der Waals surface area contributed by atoms with Gasteiger partial charge in [-0.1, -0.05) is 32.1 Å². The summed E-state index contributed by atoms with van der Waals surface area (Å²) < 4.78 is 50.6. The molecule has 3 heterocycles. The number of hydrogen-bond donors (Lipinski definition) is 2. The third-order valence-electron chi connectivity index (χ3n) is 5.18. The maximum atomic E-state index is 12.8. The molecule has 0 aliphatic carbocycles. The predicted molar refractivity (Wildman–Crippen MR) is 149 cm³/mol. The zero-order chi connectivity index (χ0) is 25.9. The van der Waals surface area contributed by atoms with E-state index in [1.54, 1.807) is 35.9 Å². The van der Waals surface area contributed by atoms with Crippen LogP contribution in [0.15, 0.2) is 48.0 Å². The summed E-state index contributed by atoms with van der Waals surface area (Å²) in [6.45, 7) is 4.32. The Morgan fingerprint density at radius 1 is 1.14 bits per heavy atom. The monoisotopic (exact) mass is 565 g/mol. The fraction of sp³-hybridized carbons (Fsp3) is 0.348. The van der Waals surface area contributed by atoms with E-state index in [0.717, 1.165) is 15.4 Å². The Hall–Kier alpha value is -2.48. The minimum atomic E-state index is -3.55. The molecule has 192 valence electrons. The van der Waals surface area contributed by atoms with E-state index in [2.05, 4.69) is 33.9 Å². The highest BCUT2D eigenvalue weighted by molar-refractivity contribution is 8.15. The van der Waals surface area contributed by atoms with Crippen LogP contribution in [0.3, 0.4) is 0 Å². The average Bonchev–Trinajstić information content (AvgIpc) is 3.50. The lowest BCUT2D eigenvalue weighted by Crippen LogP contribution is -2.23. The molecule has 0 saturated heterocycles. The van der Waals surface area contributed by atoms with Crippen molar-refractivity contribution in [2.24, 2.45) is 0 Å². The Labute approximate surface area is 219 Å². The predicted octanol–water partition coefficient (Wildman–Crippen LogP) is 4.57. The second-order valence-corrected chi connectivity index (χ2v) is 15.2. The first-order valence-corrected chi connectivity index (χ1v) is 16.6. The van der Waals surface area contributed by atoms with Gasteiger partial charge in [-0.15, -0.1) is 23.1 Å². The Kier molecular flexibility index (Phi) is 8.03. The highest BCUT2D eigenvalue weighted by Gasteiger charge is 2.27. The van der Waals surface area contributed by atoms with Crippen LogP contribution >= 0.6 is 23.1 Å². The largest absolute Gasteiger partial charge is 0.353 e. The summed E-state index contributed by atoms with van der Waals surface area (Å²) in [4.78, 5) is 14.5. The number of hydrogen-bond acceptors (Lipinski definition) is 10. The Bertz CT molecular complexity index is 1480. The van der Waals surface area contributed by atoms with Gasteiger partial charge in [0.2, 0.25) is 16.0 Å². The molecule has 3 aromatic rings. The number of sulfonamides is 1. The maximum Gasteiger partial charge on any atom is 0.245 e. The van der Waals surface area contributed by atoms with Gasteiger partial charge in [0.25, 0.3) is 0 Å². The van der Waals surface area contributed by atoms with Crippen LogP contribution in [-0.2, 0) is 19.9 Å². The highest BCUT2D eigenvalue weighted by atomic mass is 32.3. The fourth-order valence-electron chi connectivity index (χ4n) is 3.40. The molecule has 1 aliphatic rings. The molecule has 0 radical (unpaired) electrons. The number of anilines is 2. The highest BCUT2D eigenvalue weighted by Crippen LogP contribution is 2.39. The van der Waals surface area contributed by atoms with Crippen molar-refractivity contribution < 1.29 is 16.8 Å². The number of nitrogens with zero attached hydrogens (tertiary/aromatic N) is 3. The van der Waals surface area contributed by atoms with Gasteiger partial charge in [0.15, 0.2) is 0 Å². The zero-order valence-corrected chi connectivity index (χ0v) is 23.3. The second-order valence-electron chi connectivity index (χ2n) is 8.61. The molecule has 36 heavy (non-hydrogen) atoms. The van der Waals surface area contributed by atoms with E-state index in [1.807, 2.05) is 12.1 Å². The molecular weight excluding hydrogens is 539 g/mol. The van der Waals surface area contributed by atoms with Gasteiger partial charge in [-0.05, 0) is 30.0 Å². The van der Waals surface area contributed by atoms with E-state index in [0.29, 0.717) is 29.4 Å². The SMILES string of the molecule is CC(C)c1nc(-c2cccc(NS(=O)(=O)C3CC=CS3)c2)c(-c2ccnc(NCCS(C)(=O)=O)n2)s1. The van der Waals surface area contributed by atoms with E-state index < -0.39 is 24.4 Å². The fourth-order valence-corrected chi connectivity index (χ4v) is 7.42. The number of sulfone groups is 1. The normalized spacial score (nSPS) is 15.9. The molecule has 1 unspecified atom stereocenters. The molecule has 1 aromatic carbocycles. The first-order valence-electron chi connectivity index (χ1n) is 11.2. The first-order chi connectivity index (χ1) is 17.0. The van der Waals surface area contributed by atoms with Crippen LogP contribution in [0.1, 0.15) is 31.2 Å². The van der Waals surface area contributed by atoms with E-state index in [-0.39, 0.29) is 18.2 Å². The second kappa shape index (κ2) is 10.9. The molecule has 0 spiro atoms. The first kappa shape index (κ1) is 26.6. The smallest absolute Gasteiger partial charge is 0.245 e. The van der Waals surface area contributed by atoms with Gasteiger partial charge in [-0.2, -0.15) is 0 Å². The topological polar surface area (TPSA) is 131 Å². The summed E-state index contributed by atoms with van der Waals surface area (Å²) in [5.74, 6) is 0.484. The van der Waals surface area contributed by atoms with Gasteiger partial charge in [0, 0.05) is 36.2 Å². The molecule has 4 rings (SSSR count). The number of allylic oxidation sites excluding steroid dienone is 1. The maximum absolute atomic E-state index is 12.8. The molecule has 2 N–H and O–H groups in total. The van der Waals surface area contributed by atoms with Crippen LogP contribution in [-0.4, -0.2) is 54.9 Å². The summed E-state index contributed by atoms with van der Waals surface area (Å²) in [5.41, 5.74) is 2.57. The Morgan fingerprint density at radius 3 is 2.64 bits per heavy atom. The number of aromatic nitrogens is 3. The van der Waals surface area contributed by atoms with Crippen LogP contribution in [0.5, 0.6) is 0 Å². The van der Waals surface area contributed by atoms with E-state index in [4.69, 9.17) is 4.98 Å². The van der Waals surface area contributed by atoms with Crippen LogP contribution < -0.4 is 10.0 Å². The number of thiazole rings is 1. The standard InChI is InChI=1S/C23H27N5O4S4/c1-15(2)22-27-20(16-6-4-7-17(14-16)28-36(31,32)19-8-5-12-33-19)21(34-22)18-9-10-24-23(26-18)25-11-13-35(3,29)30/h4-7,9-10,12,14-15,19,28H,8,11,13H2,1-3H3,(H,24,25,26). The third kappa shape index (κ3) is 6.64. The van der Waals surface area contributed by atoms with Crippen molar-refractivity contribution in [3.8, 4) is 21.8 Å². The van der Waals surface area contributed by atoms with E-state index >= 15 is 0 Å². The quantitative estimate of drug-likeness (QED) is 0.363. The lowest BCUT2D eigenvalue weighted by molar-refractivity contribution is 0.598. The lowest BCUT2D eigenvalue weighted by Gasteiger charge is -2.13. The van der Waals surface area contributed by atoms with Gasteiger partial charge in [0.1, 0.15) is 14.4 Å². The number of nitrogens with one attached hydrogen (secondary N) is 2. The summed E-state index contributed by atoms with van der Waals surface area (Å²) in [6, 6.07) is 8.96. The van der Waals surface area contributed by atoms with Crippen molar-refractivity contribution in [2.45, 2.75) is 30.8 Å². The summed E-state index contributed by atoms with van der Waals surface area (Å²) in [7, 11) is -6.65. The Morgan fingerprint density at radius 2 is 1.94 bits per heavy atom. The van der Waals surface area contributed by atoms with Crippen molar-refractivity contribution >= 4 is 54.6 Å². The molecule has 0 saturated carbocycles. The van der Waals surface area contributed by atoms with Crippen LogP contribution in [0.25, 0.3) is 21.8 Å². The summed E-state index contributed by atoms with van der Waals surface area (Å²) in [6.07, 6.45) is 5.12. The number of thioether (sulfide) groups is 1. The molecule has 0 bridgehead atoms. The molecule has 2 aromatic heterocycles. The summed E-state index contributed by atoms with van der Waals surface area (Å²) >= 11 is 2.80. The molecule has 1 atom stereocenters. The molecular formula is C23H27N5O4S4. The van der Waals surface area contributed by atoms with Crippen molar-refractivity contribution in [1.82, 2.24) is 15.0 Å². The van der Waals surface area contributed by atoms with Crippen molar-refractivity contribution in [3.05, 3.63) is 53.0 Å². The number of rotatable bonds is 10. The summed E-state index contributed by atoms with van der Waals surface area (Å²) in [5, 5.41) is 5.69. The van der Waals surface area contributed by atoms with Crippen LogP contribution in [0.2, 0.25) is 0 Å². The molecule has 1 aliphatic heterocycles. The number of benzene rings is 1. The molecule has 0 fully saturated rings. The van der Waals surface area contributed by atoms with Gasteiger partial charge < -0.3 is 5.32 Å².